The van der Waals surface area contributed by atoms with Crippen molar-refractivity contribution in [2.45, 2.75) is 62.9 Å². The standard InChI is InChI=1S/C41H55ClF3N7O8/c1-57-20-21-58-22-23-59-36(53)27-48-11-7-30(8-12-48)49-16-18-50(19-17-49)38(54)35(26-28-24-32(41(43,44)45)37(46)33(42)25-28)60-40(56)51-13-9-31(10-14-51)52-15-6-29-4-2-3-5-34(29)47-39(52)55/h2-5,24-25,30-31,35H,6-23,26-27,46H2,1H3,(H,47,55). The van der Waals surface area contributed by atoms with Crippen LogP contribution in [0.5, 0.6) is 0 Å². The average Bonchev–Trinajstić information content (AvgIpc) is 3.40. The van der Waals surface area contributed by atoms with Gasteiger partial charge in [0.2, 0.25) is 0 Å². The molecule has 0 aliphatic carbocycles. The van der Waals surface area contributed by atoms with Gasteiger partial charge in [0, 0.05) is 90.2 Å². The van der Waals surface area contributed by atoms with E-state index in [2.05, 4.69) is 15.1 Å². The molecule has 15 nitrogen and oxygen atoms in total. The highest BCUT2D eigenvalue weighted by Gasteiger charge is 2.38. The molecular weight excluding hydrogens is 811 g/mol. The number of carbonyl (C=O) groups excluding carboxylic acids is 4. The number of para-hydroxylation sites is 1. The molecule has 0 spiro atoms. The molecule has 1 unspecified atom stereocenters. The molecule has 4 aliphatic heterocycles. The van der Waals surface area contributed by atoms with Crippen LogP contribution in [-0.2, 0) is 47.6 Å². The smallest absolute Gasteiger partial charge is 0.418 e. The van der Waals surface area contributed by atoms with E-state index in [4.69, 9.17) is 36.3 Å². The molecule has 1 atom stereocenters. The summed E-state index contributed by atoms with van der Waals surface area (Å²) < 4.78 is 63.2. The van der Waals surface area contributed by atoms with Crippen LogP contribution in [0.15, 0.2) is 36.4 Å². The number of piperazine rings is 1. The number of nitrogens with two attached hydrogens (primary N) is 1. The van der Waals surface area contributed by atoms with Crippen molar-refractivity contribution in [2.24, 2.45) is 0 Å². The molecule has 3 fully saturated rings. The van der Waals surface area contributed by atoms with Gasteiger partial charge < -0.3 is 44.7 Å². The van der Waals surface area contributed by atoms with E-state index in [1.54, 1.807) is 16.9 Å². The molecule has 4 aliphatic rings. The molecule has 19 heteroatoms. The second-order valence-electron chi connectivity index (χ2n) is 15.6. The van der Waals surface area contributed by atoms with E-state index in [0.717, 1.165) is 30.2 Å². The predicted octanol–water partition coefficient (Wildman–Crippen LogP) is 4.36. The van der Waals surface area contributed by atoms with Crippen LogP contribution in [-0.4, -0.2) is 166 Å². The molecule has 60 heavy (non-hydrogen) atoms. The summed E-state index contributed by atoms with van der Waals surface area (Å²) in [5, 5.41) is 2.66. The third kappa shape index (κ3) is 11.9. The summed E-state index contributed by atoms with van der Waals surface area (Å²) in [4.78, 5) is 62.5. The summed E-state index contributed by atoms with van der Waals surface area (Å²) in [7, 11) is 1.59. The van der Waals surface area contributed by atoms with Gasteiger partial charge in [-0.05, 0) is 61.4 Å². The van der Waals surface area contributed by atoms with E-state index in [-0.39, 0.29) is 67.3 Å². The number of ether oxygens (including phenoxy) is 4. The van der Waals surface area contributed by atoms with Crippen LogP contribution in [0.1, 0.15) is 42.4 Å². The summed E-state index contributed by atoms with van der Waals surface area (Å²) >= 11 is 6.14. The lowest BCUT2D eigenvalue weighted by Gasteiger charge is -2.43. The van der Waals surface area contributed by atoms with Crippen molar-refractivity contribution in [2.75, 3.05) is 110 Å². The third-order valence-corrected chi connectivity index (χ3v) is 12.0. The molecule has 4 amide bonds. The Morgan fingerprint density at radius 3 is 2.27 bits per heavy atom. The zero-order chi connectivity index (χ0) is 42.8. The Morgan fingerprint density at radius 2 is 1.57 bits per heavy atom. The molecule has 330 valence electrons. The number of nitrogen functional groups attached to an aromatic ring is 1. The number of nitrogens with one attached hydrogen (secondary N) is 1. The highest BCUT2D eigenvalue weighted by molar-refractivity contribution is 6.33. The number of alkyl halides is 3. The lowest BCUT2D eigenvalue weighted by atomic mass is 10.0. The number of amides is 4. The Morgan fingerprint density at radius 1 is 0.883 bits per heavy atom. The highest BCUT2D eigenvalue weighted by atomic mass is 35.5. The van der Waals surface area contributed by atoms with Crippen molar-refractivity contribution in [3.05, 3.63) is 58.1 Å². The zero-order valence-electron chi connectivity index (χ0n) is 33.9. The number of anilines is 2. The summed E-state index contributed by atoms with van der Waals surface area (Å²) in [5.41, 5.74) is 5.79. The van der Waals surface area contributed by atoms with E-state index in [1.807, 2.05) is 24.3 Å². The third-order valence-electron chi connectivity index (χ3n) is 11.7. The minimum atomic E-state index is -4.80. The Balaban J connectivity index is 1.03. The SMILES string of the molecule is COCCOCCOC(=O)CN1CCC(N2CCN(C(=O)C(Cc3cc(Cl)c(N)c(C(F)(F)F)c3)OC(=O)N3CCC(N4CCc5ccccc5NC4=O)CC3)CC2)CC1. The number of nitrogens with zero attached hydrogens (tertiary/aromatic N) is 5. The quantitative estimate of drug-likeness (QED) is 0.158. The fourth-order valence-electron chi connectivity index (χ4n) is 8.35. The molecule has 0 saturated carbocycles. The summed E-state index contributed by atoms with van der Waals surface area (Å²) in [5.74, 6) is -0.822. The second kappa shape index (κ2) is 20.9. The van der Waals surface area contributed by atoms with Crippen molar-refractivity contribution in [1.82, 2.24) is 24.5 Å². The number of esters is 1. The molecule has 6 rings (SSSR count). The van der Waals surface area contributed by atoms with Crippen LogP contribution in [0.25, 0.3) is 0 Å². The molecule has 0 aromatic heterocycles. The summed E-state index contributed by atoms with van der Waals surface area (Å²) in [6, 6.07) is 9.67. The van der Waals surface area contributed by atoms with E-state index in [0.29, 0.717) is 84.9 Å². The normalized spacial score (nSPS) is 19.4. The van der Waals surface area contributed by atoms with Crippen molar-refractivity contribution in [1.29, 1.82) is 0 Å². The largest absolute Gasteiger partial charge is 0.462 e. The zero-order valence-corrected chi connectivity index (χ0v) is 34.7. The first-order valence-electron chi connectivity index (χ1n) is 20.5. The number of benzene rings is 2. The first-order chi connectivity index (χ1) is 28.8. The molecule has 4 heterocycles. The molecule has 2 aromatic carbocycles. The lowest BCUT2D eigenvalue weighted by molar-refractivity contribution is -0.147. The average molecular weight is 866 g/mol. The number of likely N-dealkylation sites (tertiary alicyclic amines) is 2. The Kier molecular flexibility index (Phi) is 15.8. The van der Waals surface area contributed by atoms with Gasteiger partial charge in [-0.2, -0.15) is 13.2 Å². The van der Waals surface area contributed by atoms with Crippen molar-refractivity contribution in [3.8, 4) is 0 Å². The topological polar surface area (TPSA) is 159 Å². The Hall–Kier alpha value is -4.36. The van der Waals surface area contributed by atoms with Crippen LogP contribution in [0.4, 0.5) is 34.1 Å². The number of hydrogen-bond donors (Lipinski definition) is 2. The fraction of sp³-hybridized carbons (Fsp3) is 0.610. The number of piperidine rings is 2. The number of urea groups is 1. The molecule has 0 radical (unpaired) electrons. The van der Waals surface area contributed by atoms with Gasteiger partial charge in [-0.25, -0.2) is 9.59 Å². The number of rotatable bonds is 14. The van der Waals surface area contributed by atoms with Gasteiger partial charge in [-0.1, -0.05) is 29.8 Å². The maximum atomic E-state index is 14.2. The number of hydrogen-bond acceptors (Lipinski definition) is 11. The van der Waals surface area contributed by atoms with Crippen molar-refractivity contribution < 1.29 is 51.3 Å². The molecular formula is C41H55ClF3N7O8. The molecule has 3 saturated heterocycles. The number of methoxy groups -OCH3 is 1. The van der Waals surface area contributed by atoms with Crippen LogP contribution in [0.2, 0.25) is 5.02 Å². The minimum absolute atomic E-state index is 0.0456. The van der Waals surface area contributed by atoms with Gasteiger partial charge in [0.1, 0.15) is 6.61 Å². The van der Waals surface area contributed by atoms with E-state index >= 15 is 0 Å². The molecule has 3 N–H and O–H groups in total. The Labute approximate surface area is 353 Å². The van der Waals surface area contributed by atoms with E-state index < -0.39 is 35.5 Å². The highest BCUT2D eigenvalue weighted by Crippen LogP contribution is 2.38. The predicted molar refractivity (Wildman–Crippen MR) is 217 cm³/mol. The maximum absolute atomic E-state index is 14.2. The van der Waals surface area contributed by atoms with Gasteiger partial charge in [0.05, 0.1) is 42.6 Å². The van der Waals surface area contributed by atoms with Gasteiger partial charge in [0.15, 0.2) is 6.10 Å². The first-order valence-corrected chi connectivity index (χ1v) is 20.9. The number of halogens is 4. The number of fused-ring (bicyclic) bond motifs is 1. The first kappa shape index (κ1) is 45.2. The van der Waals surface area contributed by atoms with E-state index in [1.165, 1.54) is 11.0 Å². The molecule has 2 aromatic rings. The summed E-state index contributed by atoms with van der Waals surface area (Å²) in [6.45, 7) is 5.81. The van der Waals surface area contributed by atoms with Crippen molar-refractivity contribution in [3.63, 3.8) is 0 Å². The van der Waals surface area contributed by atoms with Crippen LogP contribution >= 0.6 is 11.6 Å². The van der Waals surface area contributed by atoms with Crippen molar-refractivity contribution >= 4 is 47.0 Å². The fourth-order valence-corrected chi connectivity index (χ4v) is 8.60. The Bertz CT molecular complexity index is 1800. The van der Waals surface area contributed by atoms with Gasteiger partial charge >= 0.3 is 24.3 Å². The van der Waals surface area contributed by atoms with Gasteiger partial charge in [0.25, 0.3) is 5.91 Å². The lowest BCUT2D eigenvalue weighted by Crippen LogP contribution is -2.57. The number of carbonyl (C=O) groups is 4. The second-order valence-corrected chi connectivity index (χ2v) is 16.0. The maximum Gasteiger partial charge on any atom is 0.418 e. The minimum Gasteiger partial charge on any atom is -0.462 e. The van der Waals surface area contributed by atoms with Gasteiger partial charge in [-0.3, -0.25) is 19.4 Å². The van der Waals surface area contributed by atoms with Crippen LogP contribution in [0.3, 0.4) is 0 Å². The van der Waals surface area contributed by atoms with Crippen LogP contribution < -0.4 is 11.1 Å². The van der Waals surface area contributed by atoms with E-state index in [9.17, 15) is 32.3 Å². The summed E-state index contributed by atoms with van der Waals surface area (Å²) in [6.07, 6.45) is -4.04. The molecule has 0 bridgehead atoms. The monoisotopic (exact) mass is 865 g/mol. The van der Waals surface area contributed by atoms with Crippen LogP contribution in [0, 0.1) is 0 Å². The van der Waals surface area contributed by atoms with Gasteiger partial charge in [-0.15, -0.1) is 0 Å².